The van der Waals surface area contributed by atoms with Crippen molar-refractivity contribution in [3.63, 3.8) is 0 Å². The van der Waals surface area contributed by atoms with Gasteiger partial charge in [0.1, 0.15) is 12.1 Å². The zero-order valence-electron chi connectivity index (χ0n) is 18.8. The van der Waals surface area contributed by atoms with Crippen molar-refractivity contribution in [2.24, 2.45) is 23.2 Å². The summed E-state index contributed by atoms with van der Waals surface area (Å²) < 4.78 is 5.12. The van der Waals surface area contributed by atoms with Gasteiger partial charge in [0.25, 0.3) is 11.8 Å². The summed E-state index contributed by atoms with van der Waals surface area (Å²) in [6.45, 7) is 10.9. The van der Waals surface area contributed by atoms with Gasteiger partial charge in [-0.25, -0.2) is 4.79 Å². The van der Waals surface area contributed by atoms with E-state index in [2.05, 4.69) is 39.9 Å². The van der Waals surface area contributed by atoms with Gasteiger partial charge < -0.3 is 15.0 Å². The van der Waals surface area contributed by atoms with Crippen LogP contribution in [0.1, 0.15) is 60.3 Å². The van der Waals surface area contributed by atoms with Crippen molar-refractivity contribution in [3.8, 4) is 0 Å². The first-order valence-corrected chi connectivity index (χ1v) is 11.0. The Hall–Kier alpha value is -2.12. The number of urea groups is 1. The number of amides is 4. The maximum absolute atomic E-state index is 13.1. The van der Waals surface area contributed by atoms with Gasteiger partial charge in [0.2, 0.25) is 0 Å². The fourth-order valence-electron chi connectivity index (χ4n) is 5.92. The van der Waals surface area contributed by atoms with Crippen LogP contribution < -0.4 is 5.32 Å². The Morgan fingerprint density at radius 1 is 1.07 bits per heavy atom. The summed E-state index contributed by atoms with van der Waals surface area (Å²) in [6, 6.07) is -0.563. The standard InChI is InChI=1S/C22H35N3O5/c1-14-6-15(2)10-24(9-14)17(26)12-30-18(27)11-25-19(28)22(23-20(25)29)8-16(3)7-21(4,5)13-22/h14-16H,6-13H2,1-5H3,(H,23,29)/t14-,15-,16-,22+/m1/s1. The fourth-order valence-corrected chi connectivity index (χ4v) is 5.92. The van der Waals surface area contributed by atoms with Crippen LogP contribution in [0.5, 0.6) is 0 Å². The SMILES string of the molecule is C[C@@H]1C[C@@H](C)CN(C(=O)COC(=O)CN2C(=O)N[C@]3(C[C@H](C)CC(C)(C)C3)C2=O)C1. The molecule has 1 N–H and O–H groups in total. The Balaban J connectivity index is 1.56. The first kappa shape index (κ1) is 22.6. The van der Waals surface area contributed by atoms with E-state index in [0.717, 1.165) is 17.7 Å². The molecule has 1 aliphatic carbocycles. The van der Waals surface area contributed by atoms with Crippen LogP contribution in [0.15, 0.2) is 0 Å². The Morgan fingerprint density at radius 2 is 1.70 bits per heavy atom. The summed E-state index contributed by atoms with van der Waals surface area (Å²) in [4.78, 5) is 52.9. The molecule has 168 valence electrons. The second-order valence-electron chi connectivity index (χ2n) is 10.7. The molecule has 3 rings (SSSR count). The topological polar surface area (TPSA) is 96.0 Å². The number of hydrogen-bond acceptors (Lipinski definition) is 5. The number of ether oxygens (including phenoxy) is 1. The quantitative estimate of drug-likeness (QED) is 0.554. The van der Waals surface area contributed by atoms with E-state index in [1.165, 1.54) is 0 Å². The third-order valence-corrected chi connectivity index (χ3v) is 6.49. The first-order valence-electron chi connectivity index (χ1n) is 11.0. The molecular weight excluding hydrogens is 386 g/mol. The second kappa shape index (κ2) is 8.19. The summed E-state index contributed by atoms with van der Waals surface area (Å²) in [6.07, 6.45) is 3.17. The number of esters is 1. The minimum atomic E-state index is -0.950. The maximum Gasteiger partial charge on any atom is 0.326 e. The number of likely N-dealkylation sites (tertiary alicyclic amines) is 1. The third-order valence-electron chi connectivity index (χ3n) is 6.49. The van der Waals surface area contributed by atoms with Gasteiger partial charge in [-0.05, 0) is 48.9 Å². The molecule has 0 bridgehead atoms. The first-order chi connectivity index (χ1) is 13.9. The normalized spacial score (nSPS) is 33.6. The molecule has 2 heterocycles. The number of hydrogen-bond donors (Lipinski definition) is 1. The molecule has 0 aromatic heterocycles. The number of piperidine rings is 1. The molecule has 2 aliphatic heterocycles. The number of imide groups is 1. The van der Waals surface area contributed by atoms with Crippen molar-refractivity contribution in [2.45, 2.75) is 65.8 Å². The molecule has 0 aromatic rings. The van der Waals surface area contributed by atoms with E-state index >= 15 is 0 Å². The van der Waals surface area contributed by atoms with Gasteiger partial charge in [0, 0.05) is 13.1 Å². The molecule has 8 heteroatoms. The lowest BCUT2D eigenvalue weighted by Gasteiger charge is -2.43. The van der Waals surface area contributed by atoms with Crippen molar-refractivity contribution in [2.75, 3.05) is 26.2 Å². The van der Waals surface area contributed by atoms with Crippen LogP contribution >= 0.6 is 0 Å². The van der Waals surface area contributed by atoms with E-state index < -0.39 is 24.1 Å². The zero-order valence-corrected chi connectivity index (χ0v) is 18.8. The molecule has 1 saturated carbocycles. The van der Waals surface area contributed by atoms with Crippen molar-refractivity contribution in [1.82, 2.24) is 15.1 Å². The summed E-state index contributed by atoms with van der Waals surface area (Å²) in [5.74, 6) is -0.232. The van der Waals surface area contributed by atoms with E-state index in [1.807, 2.05) is 0 Å². The number of nitrogens with one attached hydrogen (secondary N) is 1. The number of rotatable bonds is 4. The highest BCUT2D eigenvalue weighted by atomic mass is 16.5. The molecule has 3 fully saturated rings. The fraction of sp³-hybridized carbons (Fsp3) is 0.818. The number of carbonyl (C=O) groups excluding carboxylic acids is 4. The van der Waals surface area contributed by atoms with Crippen LogP contribution in [-0.4, -0.2) is 65.4 Å². The molecule has 2 saturated heterocycles. The largest absolute Gasteiger partial charge is 0.454 e. The lowest BCUT2D eigenvalue weighted by molar-refractivity contribution is -0.155. The molecule has 30 heavy (non-hydrogen) atoms. The average molecular weight is 422 g/mol. The van der Waals surface area contributed by atoms with Gasteiger partial charge in [-0.15, -0.1) is 0 Å². The van der Waals surface area contributed by atoms with Crippen molar-refractivity contribution in [3.05, 3.63) is 0 Å². The van der Waals surface area contributed by atoms with Crippen LogP contribution in [0.4, 0.5) is 4.79 Å². The minimum absolute atomic E-state index is 0.0771. The molecular formula is C22H35N3O5. The molecule has 0 aromatic carbocycles. The predicted molar refractivity (Wildman–Crippen MR) is 110 cm³/mol. The highest BCUT2D eigenvalue weighted by Crippen LogP contribution is 2.46. The number of nitrogens with zero attached hydrogens (tertiary/aromatic N) is 2. The second-order valence-corrected chi connectivity index (χ2v) is 10.7. The van der Waals surface area contributed by atoms with Crippen LogP contribution in [0.3, 0.4) is 0 Å². The van der Waals surface area contributed by atoms with E-state index in [1.54, 1.807) is 4.90 Å². The zero-order chi connectivity index (χ0) is 22.3. The molecule has 0 radical (unpaired) electrons. The molecule has 0 unspecified atom stereocenters. The lowest BCUT2D eigenvalue weighted by atomic mass is 9.64. The van der Waals surface area contributed by atoms with Crippen LogP contribution in [0, 0.1) is 23.2 Å². The van der Waals surface area contributed by atoms with Gasteiger partial charge in [-0.3, -0.25) is 19.3 Å². The average Bonchev–Trinajstić information content (AvgIpc) is 2.80. The van der Waals surface area contributed by atoms with Gasteiger partial charge >= 0.3 is 12.0 Å². The highest BCUT2D eigenvalue weighted by Gasteiger charge is 2.56. The molecule has 4 atom stereocenters. The summed E-state index contributed by atoms with van der Waals surface area (Å²) in [7, 11) is 0. The van der Waals surface area contributed by atoms with E-state index in [0.29, 0.717) is 37.8 Å². The van der Waals surface area contributed by atoms with Crippen LogP contribution in [0.2, 0.25) is 0 Å². The Morgan fingerprint density at radius 3 is 2.30 bits per heavy atom. The minimum Gasteiger partial charge on any atom is -0.454 e. The lowest BCUT2D eigenvalue weighted by Crippen LogP contribution is -2.54. The van der Waals surface area contributed by atoms with Crippen LogP contribution in [0.25, 0.3) is 0 Å². The van der Waals surface area contributed by atoms with Crippen molar-refractivity contribution in [1.29, 1.82) is 0 Å². The van der Waals surface area contributed by atoms with Gasteiger partial charge in [0.15, 0.2) is 6.61 Å². The predicted octanol–water partition coefficient (Wildman–Crippen LogP) is 2.17. The Kier molecular flexibility index (Phi) is 6.16. The van der Waals surface area contributed by atoms with Crippen LogP contribution in [-0.2, 0) is 19.1 Å². The molecule has 3 aliphatic rings. The Bertz CT molecular complexity index is 726. The molecule has 4 amide bonds. The van der Waals surface area contributed by atoms with Crippen molar-refractivity contribution >= 4 is 23.8 Å². The summed E-state index contributed by atoms with van der Waals surface area (Å²) in [5.41, 5.74) is -1.03. The van der Waals surface area contributed by atoms with E-state index in [9.17, 15) is 19.2 Å². The third kappa shape index (κ3) is 4.78. The number of carbonyl (C=O) groups is 4. The summed E-state index contributed by atoms with van der Waals surface area (Å²) >= 11 is 0. The monoisotopic (exact) mass is 421 g/mol. The van der Waals surface area contributed by atoms with E-state index in [-0.39, 0.29) is 29.8 Å². The maximum atomic E-state index is 13.1. The summed E-state index contributed by atoms with van der Waals surface area (Å²) in [5, 5.41) is 2.84. The molecule has 1 spiro atoms. The Labute approximate surface area is 178 Å². The van der Waals surface area contributed by atoms with Gasteiger partial charge in [-0.2, -0.15) is 0 Å². The highest BCUT2D eigenvalue weighted by molar-refractivity contribution is 6.08. The smallest absolute Gasteiger partial charge is 0.326 e. The van der Waals surface area contributed by atoms with Gasteiger partial charge in [0.05, 0.1) is 0 Å². The molecule has 8 nitrogen and oxygen atoms in total. The van der Waals surface area contributed by atoms with Gasteiger partial charge in [-0.1, -0.05) is 34.6 Å². The van der Waals surface area contributed by atoms with E-state index in [4.69, 9.17) is 4.74 Å². The van der Waals surface area contributed by atoms with Crippen molar-refractivity contribution < 1.29 is 23.9 Å².